The Kier molecular flexibility index (Phi) is 3.04. The molecular formula is C16H19NO3. The van der Waals surface area contributed by atoms with E-state index in [4.69, 9.17) is 0 Å². The van der Waals surface area contributed by atoms with Gasteiger partial charge in [-0.3, -0.25) is 9.59 Å². The number of carboxylic acid groups (broad SMARTS) is 1. The zero-order chi connectivity index (χ0) is 14.4. The number of carbonyl (C=O) groups is 2. The van der Waals surface area contributed by atoms with E-state index in [-0.39, 0.29) is 18.2 Å². The van der Waals surface area contributed by atoms with E-state index in [1.165, 1.54) is 0 Å². The molecule has 4 nitrogen and oxygen atoms in total. The Hall–Kier alpha value is -1.84. The van der Waals surface area contributed by atoms with Gasteiger partial charge in [-0.1, -0.05) is 17.7 Å². The molecule has 1 N–H and O–H groups in total. The van der Waals surface area contributed by atoms with Crippen molar-refractivity contribution in [3.05, 3.63) is 28.8 Å². The van der Waals surface area contributed by atoms with Crippen molar-refractivity contribution in [2.75, 3.05) is 11.9 Å². The molecule has 1 amide bonds. The molecule has 20 heavy (non-hydrogen) atoms. The predicted octanol–water partition coefficient (Wildman–Crippen LogP) is 2.48. The Labute approximate surface area is 118 Å². The molecule has 0 aromatic heterocycles. The van der Waals surface area contributed by atoms with Gasteiger partial charge in [-0.2, -0.15) is 0 Å². The molecule has 3 rings (SSSR count). The number of aryl methyl sites for hydroxylation is 1. The first-order valence-corrected chi connectivity index (χ1v) is 7.09. The molecule has 0 radical (unpaired) electrons. The number of hydrogen-bond acceptors (Lipinski definition) is 2. The first-order valence-electron chi connectivity index (χ1n) is 7.09. The van der Waals surface area contributed by atoms with Crippen LogP contribution in [0.5, 0.6) is 0 Å². The van der Waals surface area contributed by atoms with E-state index < -0.39 is 5.97 Å². The molecule has 1 aromatic rings. The SMILES string of the molecule is Cc1cc2c(c(C(CC(=O)O)C3CC3)c1)N(C)C(=O)C2. The van der Waals surface area contributed by atoms with Crippen molar-refractivity contribution in [2.45, 2.75) is 38.5 Å². The fraction of sp³-hybridized carbons (Fsp3) is 0.500. The summed E-state index contributed by atoms with van der Waals surface area (Å²) in [5, 5.41) is 9.18. The van der Waals surface area contributed by atoms with Gasteiger partial charge >= 0.3 is 5.97 Å². The Morgan fingerprint density at radius 1 is 1.45 bits per heavy atom. The summed E-state index contributed by atoms with van der Waals surface area (Å²) in [4.78, 5) is 24.8. The normalized spacial score (nSPS) is 19.1. The lowest BCUT2D eigenvalue weighted by Gasteiger charge is -2.22. The Bertz CT molecular complexity index is 590. The van der Waals surface area contributed by atoms with Crippen molar-refractivity contribution in [1.29, 1.82) is 0 Å². The fourth-order valence-electron chi connectivity index (χ4n) is 3.33. The van der Waals surface area contributed by atoms with Gasteiger partial charge in [-0.15, -0.1) is 0 Å². The molecule has 1 aromatic carbocycles. The Balaban J connectivity index is 2.08. The number of rotatable bonds is 4. The summed E-state index contributed by atoms with van der Waals surface area (Å²) in [5.74, 6) is -0.170. The molecule has 1 atom stereocenters. The highest BCUT2D eigenvalue weighted by Gasteiger charge is 2.38. The molecule has 106 valence electrons. The number of nitrogens with zero attached hydrogens (tertiary/aromatic N) is 1. The van der Waals surface area contributed by atoms with Gasteiger partial charge in [-0.05, 0) is 42.7 Å². The molecule has 1 fully saturated rings. The molecule has 0 spiro atoms. The van der Waals surface area contributed by atoms with Gasteiger partial charge in [0.1, 0.15) is 0 Å². The van der Waals surface area contributed by atoms with Crippen molar-refractivity contribution < 1.29 is 14.7 Å². The molecular weight excluding hydrogens is 254 g/mol. The average molecular weight is 273 g/mol. The fourth-order valence-corrected chi connectivity index (χ4v) is 3.33. The van der Waals surface area contributed by atoms with Crippen LogP contribution in [0.1, 0.15) is 41.9 Å². The van der Waals surface area contributed by atoms with Crippen LogP contribution < -0.4 is 4.90 Å². The second-order valence-electron chi connectivity index (χ2n) is 6.03. The molecule has 1 aliphatic carbocycles. The van der Waals surface area contributed by atoms with Crippen LogP contribution in [-0.4, -0.2) is 24.0 Å². The summed E-state index contributed by atoms with van der Waals surface area (Å²) < 4.78 is 0. The largest absolute Gasteiger partial charge is 0.481 e. The minimum Gasteiger partial charge on any atom is -0.481 e. The van der Waals surface area contributed by atoms with E-state index in [0.717, 1.165) is 35.2 Å². The van der Waals surface area contributed by atoms with Crippen LogP contribution in [0.4, 0.5) is 5.69 Å². The summed E-state index contributed by atoms with van der Waals surface area (Å²) in [5.41, 5.74) is 4.17. The van der Waals surface area contributed by atoms with Crippen LogP contribution in [0.25, 0.3) is 0 Å². The number of carbonyl (C=O) groups excluding carboxylic acids is 1. The van der Waals surface area contributed by atoms with Crippen molar-refractivity contribution in [2.24, 2.45) is 5.92 Å². The highest BCUT2D eigenvalue weighted by atomic mass is 16.4. The minimum absolute atomic E-state index is 0.0366. The third-order valence-electron chi connectivity index (χ3n) is 4.40. The van der Waals surface area contributed by atoms with Gasteiger partial charge in [-0.25, -0.2) is 0 Å². The number of likely N-dealkylation sites (N-methyl/N-ethyl adjacent to an activating group) is 1. The second kappa shape index (κ2) is 4.62. The van der Waals surface area contributed by atoms with Crippen LogP contribution >= 0.6 is 0 Å². The molecule has 1 saturated carbocycles. The number of anilines is 1. The number of aliphatic carboxylic acids is 1. The zero-order valence-corrected chi connectivity index (χ0v) is 11.8. The molecule has 0 saturated heterocycles. The van der Waals surface area contributed by atoms with Crippen LogP contribution in [0.2, 0.25) is 0 Å². The van der Waals surface area contributed by atoms with Crippen LogP contribution in [0.3, 0.4) is 0 Å². The first-order chi connectivity index (χ1) is 9.47. The van der Waals surface area contributed by atoms with Gasteiger partial charge in [0, 0.05) is 7.05 Å². The molecule has 0 bridgehead atoms. The third kappa shape index (κ3) is 2.19. The van der Waals surface area contributed by atoms with E-state index in [2.05, 4.69) is 6.07 Å². The van der Waals surface area contributed by atoms with Gasteiger partial charge in [0.2, 0.25) is 5.91 Å². The molecule has 2 aliphatic rings. The average Bonchev–Trinajstić information content (AvgIpc) is 3.14. The smallest absolute Gasteiger partial charge is 0.303 e. The predicted molar refractivity (Wildman–Crippen MR) is 76.0 cm³/mol. The molecule has 1 unspecified atom stereocenters. The summed E-state index contributed by atoms with van der Waals surface area (Å²) >= 11 is 0. The van der Waals surface area contributed by atoms with E-state index in [1.807, 2.05) is 13.0 Å². The maximum atomic E-state index is 11.9. The number of hydrogen-bond donors (Lipinski definition) is 1. The van der Waals surface area contributed by atoms with Gasteiger partial charge in [0.25, 0.3) is 0 Å². The van der Waals surface area contributed by atoms with Gasteiger partial charge in [0.05, 0.1) is 18.5 Å². The van der Waals surface area contributed by atoms with E-state index in [0.29, 0.717) is 12.3 Å². The lowest BCUT2D eigenvalue weighted by atomic mass is 9.87. The topological polar surface area (TPSA) is 57.6 Å². The second-order valence-corrected chi connectivity index (χ2v) is 6.03. The van der Waals surface area contributed by atoms with E-state index >= 15 is 0 Å². The lowest BCUT2D eigenvalue weighted by molar-refractivity contribution is -0.137. The number of benzene rings is 1. The number of amides is 1. The molecule has 4 heteroatoms. The highest BCUT2D eigenvalue weighted by Crippen LogP contribution is 2.49. The molecule has 1 aliphatic heterocycles. The quantitative estimate of drug-likeness (QED) is 0.917. The monoisotopic (exact) mass is 273 g/mol. The van der Waals surface area contributed by atoms with Crippen LogP contribution in [-0.2, 0) is 16.0 Å². The summed E-state index contributed by atoms with van der Waals surface area (Å²) in [7, 11) is 1.79. The first kappa shape index (κ1) is 13.2. The van der Waals surface area contributed by atoms with E-state index in [9.17, 15) is 14.7 Å². The van der Waals surface area contributed by atoms with Crippen LogP contribution in [0, 0.1) is 12.8 Å². The summed E-state index contributed by atoms with van der Waals surface area (Å²) in [6.07, 6.45) is 2.78. The van der Waals surface area contributed by atoms with Gasteiger partial charge < -0.3 is 10.0 Å². The number of carboxylic acids is 1. The standard InChI is InChI=1S/C16H19NO3/c1-9-5-11-7-14(18)17(2)16(11)13(6-9)12(8-15(19)20)10-3-4-10/h5-6,10,12H,3-4,7-8H2,1-2H3,(H,19,20). The van der Waals surface area contributed by atoms with Crippen molar-refractivity contribution >= 4 is 17.6 Å². The van der Waals surface area contributed by atoms with E-state index in [1.54, 1.807) is 11.9 Å². The zero-order valence-electron chi connectivity index (χ0n) is 11.8. The maximum absolute atomic E-state index is 11.9. The summed E-state index contributed by atoms with van der Waals surface area (Å²) in [6.45, 7) is 2.01. The highest BCUT2D eigenvalue weighted by molar-refractivity contribution is 6.02. The number of fused-ring (bicyclic) bond motifs is 1. The summed E-state index contributed by atoms with van der Waals surface area (Å²) in [6, 6.07) is 4.12. The Morgan fingerprint density at radius 2 is 2.15 bits per heavy atom. The lowest BCUT2D eigenvalue weighted by Crippen LogP contribution is -2.22. The maximum Gasteiger partial charge on any atom is 0.303 e. The minimum atomic E-state index is -0.760. The third-order valence-corrected chi connectivity index (χ3v) is 4.40. The van der Waals surface area contributed by atoms with Gasteiger partial charge in [0.15, 0.2) is 0 Å². The Morgan fingerprint density at radius 3 is 2.75 bits per heavy atom. The van der Waals surface area contributed by atoms with Crippen molar-refractivity contribution in [3.63, 3.8) is 0 Å². The van der Waals surface area contributed by atoms with Crippen molar-refractivity contribution in [1.82, 2.24) is 0 Å². The molecule has 1 heterocycles. The van der Waals surface area contributed by atoms with Crippen LogP contribution in [0.15, 0.2) is 12.1 Å². The van der Waals surface area contributed by atoms with Crippen molar-refractivity contribution in [3.8, 4) is 0 Å².